The normalized spacial score (nSPS) is 19.9. The zero-order valence-corrected chi connectivity index (χ0v) is 18.4. The number of hydroxylamine groups is 1. The van der Waals surface area contributed by atoms with Gasteiger partial charge in [-0.15, -0.1) is 0 Å². The zero-order valence-electron chi connectivity index (χ0n) is 16.9. The molecule has 1 saturated carbocycles. The van der Waals surface area contributed by atoms with Gasteiger partial charge >= 0.3 is 0 Å². The molecular weight excluding hydrogens is 434 g/mol. The first-order valence-electron chi connectivity index (χ1n) is 9.49. The molecule has 0 spiro atoms. The summed E-state index contributed by atoms with van der Waals surface area (Å²) < 4.78 is 25.7. The number of rotatable bonds is 7. The van der Waals surface area contributed by atoms with Gasteiger partial charge in [0, 0.05) is 13.1 Å². The van der Waals surface area contributed by atoms with Crippen LogP contribution < -0.4 is 21.5 Å². The number of halogens is 1. The van der Waals surface area contributed by atoms with E-state index in [1.165, 1.54) is 12.1 Å². The van der Waals surface area contributed by atoms with E-state index in [0.717, 1.165) is 39.8 Å². The van der Waals surface area contributed by atoms with Gasteiger partial charge in [-0.3, -0.25) is 14.4 Å². The van der Waals surface area contributed by atoms with Crippen LogP contribution in [0.4, 0.5) is 17.1 Å². The van der Waals surface area contributed by atoms with E-state index in [1.807, 2.05) is 0 Å². The first kappa shape index (κ1) is 22.5. The first-order chi connectivity index (χ1) is 14.1. The second kappa shape index (κ2) is 8.54. The Hall–Kier alpha value is -2.14. The van der Waals surface area contributed by atoms with Crippen LogP contribution in [-0.2, 0) is 14.9 Å². The summed E-state index contributed by atoms with van der Waals surface area (Å²) in [6.07, 6.45) is 3.83. The summed E-state index contributed by atoms with van der Waals surface area (Å²) in [5, 5.41) is 16.1. The van der Waals surface area contributed by atoms with Gasteiger partial charge < -0.3 is 15.7 Å². The predicted octanol–water partition coefficient (Wildman–Crippen LogP) is 2.56. The molecule has 0 bridgehead atoms. The largest absolute Gasteiger partial charge is 0.504 e. The van der Waals surface area contributed by atoms with Gasteiger partial charge in [0.05, 0.1) is 17.8 Å². The van der Waals surface area contributed by atoms with Crippen molar-refractivity contribution in [2.24, 2.45) is 5.92 Å². The lowest BCUT2D eigenvalue weighted by atomic mass is 9.87. The van der Waals surface area contributed by atoms with Gasteiger partial charge in [-0.05, 0) is 43.7 Å². The summed E-state index contributed by atoms with van der Waals surface area (Å²) in [6, 6.07) is 2.67. The molecule has 11 heteroatoms. The van der Waals surface area contributed by atoms with Crippen LogP contribution in [-0.4, -0.2) is 38.2 Å². The molecule has 3 rings (SSSR count). The van der Waals surface area contributed by atoms with Crippen LogP contribution in [0.2, 0.25) is 5.02 Å². The van der Waals surface area contributed by atoms with E-state index < -0.39 is 31.5 Å². The zero-order chi connectivity index (χ0) is 22.2. The van der Waals surface area contributed by atoms with Crippen molar-refractivity contribution in [2.75, 3.05) is 24.8 Å². The number of nitrogens with one attached hydrogen (secondary N) is 2. The third kappa shape index (κ3) is 4.04. The van der Waals surface area contributed by atoms with Crippen LogP contribution in [0.3, 0.4) is 0 Å². The highest BCUT2D eigenvalue weighted by molar-refractivity contribution is 7.89. The minimum atomic E-state index is -4.26. The number of anilines is 3. The van der Waals surface area contributed by atoms with Crippen LogP contribution in [0, 0.1) is 5.92 Å². The molecule has 1 fully saturated rings. The van der Waals surface area contributed by atoms with E-state index in [0.29, 0.717) is 10.4 Å². The molecule has 0 heterocycles. The standard InChI is InChI=1S/C19H24ClN3O6S/c1-10-4-6-11(7-5-10)21-14-15(18(26)17(14)25)22-13-9-8-12(20)19(16(13)24)30(27,28)23(2)29-3/h8-11,21-22,24H,4-7H2,1-3H3. The summed E-state index contributed by atoms with van der Waals surface area (Å²) in [5.41, 5.74) is -1.33. The lowest BCUT2D eigenvalue weighted by Gasteiger charge is -2.29. The Morgan fingerprint density at radius 2 is 1.73 bits per heavy atom. The molecule has 1 aliphatic carbocycles. The van der Waals surface area contributed by atoms with Crippen molar-refractivity contribution < 1.29 is 18.4 Å². The molecule has 2 aromatic rings. The SMILES string of the molecule is CON(C)S(=O)(=O)c1c(Cl)ccc(Nc2c(NC3CCC(C)CC3)c(=O)c2=O)c1O. The average Bonchev–Trinajstić information content (AvgIpc) is 2.72. The molecule has 0 atom stereocenters. The summed E-state index contributed by atoms with van der Waals surface area (Å²) in [4.78, 5) is 28.3. The number of hydrogen-bond donors (Lipinski definition) is 3. The van der Waals surface area contributed by atoms with Gasteiger partial charge in [0.1, 0.15) is 16.3 Å². The average molecular weight is 458 g/mol. The monoisotopic (exact) mass is 457 g/mol. The van der Waals surface area contributed by atoms with Crippen molar-refractivity contribution in [1.29, 1.82) is 0 Å². The molecule has 30 heavy (non-hydrogen) atoms. The predicted molar refractivity (Wildman–Crippen MR) is 115 cm³/mol. The van der Waals surface area contributed by atoms with E-state index >= 15 is 0 Å². The van der Waals surface area contributed by atoms with Gasteiger partial charge in [0.15, 0.2) is 5.75 Å². The number of phenolic OH excluding ortho intramolecular Hbond substituents is 1. The molecule has 0 radical (unpaired) electrons. The topological polar surface area (TPSA) is 125 Å². The maximum atomic E-state index is 12.6. The Balaban J connectivity index is 1.91. The number of hydrogen-bond acceptors (Lipinski definition) is 8. The number of benzene rings is 1. The number of sulfonamides is 1. The highest BCUT2D eigenvalue weighted by Gasteiger charge is 2.31. The van der Waals surface area contributed by atoms with Gasteiger partial charge in [-0.2, -0.15) is 0 Å². The Morgan fingerprint density at radius 3 is 2.33 bits per heavy atom. The van der Waals surface area contributed by atoms with E-state index in [2.05, 4.69) is 17.6 Å². The smallest absolute Gasteiger partial charge is 0.269 e. The van der Waals surface area contributed by atoms with Crippen molar-refractivity contribution in [2.45, 2.75) is 43.5 Å². The summed E-state index contributed by atoms with van der Waals surface area (Å²) in [5.74, 6) is -0.0538. The van der Waals surface area contributed by atoms with Crippen LogP contribution >= 0.6 is 11.6 Å². The third-order valence-electron chi connectivity index (χ3n) is 5.47. The molecular formula is C19H24ClN3O6S. The van der Waals surface area contributed by atoms with Gasteiger partial charge in [-0.25, -0.2) is 8.42 Å². The Labute approximate surface area is 179 Å². The molecule has 0 saturated heterocycles. The lowest BCUT2D eigenvalue weighted by Crippen LogP contribution is -2.39. The quantitative estimate of drug-likeness (QED) is 0.329. The van der Waals surface area contributed by atoms with Crippen molar-refractivity contribution in [3.63, 3.8) is 0 Å². The maximum absolute atomic E-state index is 12.6. The van der Waals surface area contributed by atoms with E-state index in [1.54, 1.807) is 0 Å². The van der Waals surface area contributed by atoms with Crippen LogP contribution in [0.1, 0.15) is 32.6 Å². The Morgan fingerprint density at radius 1 is 1.13 bits per heavy atom. The Bertz CT molecular complexity index is 1120. The Kier molecular flexibility index (Phi) is 6.42. The molecule has 164 valence electrons. The summed E-state index contributed by atoms with van der Waals surface area (Å²) >= 11 is 6.00. The molecule has 1 aliphatic rings. The van der Waals surface area contributed by atoms with Crippen molar-refractivity contribution in [3.05, 3.63) is 37.6 Å². The molecule has 0 aromatic heterocycles. The number of nitrogens with zero attached hydrogens (tertiary/aromatic N) is 1. The minimum Gasteiger partial charge on any atom is -0.504 e. The second-order valence-corrected chi connectivity index (χ2v) is 9.78. The third-order valence-corrected chi connectivity index (χ3v) is 7.65. The molecule has 0 unspecified atom stereocenters. The van der Waals surface area contributed by atoms with Crippen molar-refractivity contribution in [3.8, 4) is 5.75 Å². The molecule has 0 amide bonds. The highest BCUT2D eigenvalue weighted by Crippen LogP contribution is 2.40. The number of aromatic hydroxyl groups is 1. The molecule has 0 aliphatic heterocycles. The molecule has 3 N–H and O–H groups in total. The fourth-order valence-electron chi connectivity index (χ4n) is 3.51. The van der Waals surface area contributed by atoms with Gasteiger partial charge in [0.2, 0.25) is 0 Å². The van der Waals surface area contributed by atoms with Crippen molar-refractivity contribution >= 4 is 38.7 Å². The first-order valence-corrected chi connectivity index (χ1v) is 11.3. The fraction of sp³-hybridized carbons (Fsp3) is 0.474. The van der Waals surface area contributed by atoms with E-state index in [-0.39, 0.29) is 28.1 Å². The van der Waals surface area contributed by atoms with E-state index in [9.17, 15) is 23.1 Å². The minimum absolute atomic E-state index is 0.0142. The van der Waals surface area contributed by atoms with Crippen LogP contribution in [0.25, 0.3) is 0 Å². The molecule has 9 nitrogen and oxygen atoms in total. The van der Waals surface area contributed by atoms with E-state index in [4.69, 9.17) is 16.4 Å². The maximum Gasteiger partial charge on any atom is 0.269 e. The summed E-state index contributed by atoms with van der Waals surface area (Å²) in [6.45, 7) is 2.18. The fourth-order valence-corrected chi connectivity index (χ4v) is 5.08. The summed E-state index contributed by atoms with van der Waals surface area (Å²) in [7, 11) is -1.96. The second-order valence-electron chi connectivity index (χ2n) is 7.50. The number of phenols is 1. The lowest BCUT2D eigenvalue weighted by molar-refractivity contribution is -0.0259. The highest BCUT2D eigenvalue weighted by atomic mass is 35.5. The van der Waals surface area contributed by atoms with Gasteiger partial charge in [0.25, 0.3) is 20.9 Å². The molecule has 2 aromatic carbocycles. The van der Waals surface area contributed by atoms with Gasteiger partial charge in [-0.1, -0.05) is 23.0 Å². The van der Waals surface area contributed by atoms with Crippen LogP contribution in [0.15, 0.2) is 26.6 Å². The van der Waals surface area contributed by atoms with Crippen LogP contribution in [0.5, 0.6) is 5.75 Å². The van der Waals surface area contributed by atoms with Crippen molar-refractivity contribution in [1.82, 2.24) is 4.47 Å².